The number of aromatic amines is 1. The van der Waals surface area contributed by atoms with Crippen LogP contribution in [0, 0.1) is 0 Å². The molecule has 1 aliphatic heterocycles. The van der Waals surface area contributed by atoms with Gasteiger partial charge in [0.15, 0.2) is 0 Å². The number of anilines is 1. The number of H-pyrrole nitrogens is 1. The van der Waals surface area contributed by atoms with Gasteiger partial charge in [0.25, 0.3) is 0 Å². The minimum Gasteiger partial charge on any atom is -0.363 e. The first-order valence-electron chi connectivity index (χ1n) is 7.79. The fourth-order valence-corrected chi connectivity index (χ4v) is 4.00. The molecular weight excluding hydrogens is 248 g/mol. The number of nitrogens with one attached hydrogen (secondary N) is 2. The highest BCUT2D eigenvalue weighted by atomic mass is 15.3. The van der Waals surface area contributed by atoms with Gasteiger partial charge in [-0.25, -0.2) is 0 Å². The van der Waals surface area contributed by atoms with E-state index >= 15 is 0 Å². The molecular formula is C16H22N4. The highest BCUT2D eigenvalue weighted by Crippen LogP contribution is 2.38. The minimum absolute atomic E-state index is 0.341. The Bertz CT molecular complexity index is 589. The second-order valence-electron chi connectivity index (χ2n) is 6.25. The first-order valence-corrected chi connectivity index (χ1v) is 7.79. The zero-order valence-electron chi connectivity index (χ0n) is 11.9. The Morgan fingerprint density at radius 1 is 1.15 bits per heavy atom. The molecule has 4 nitrogen and oxygen atoms in total. The summed E-state index contributed by atoms with van der Waals surface area (Å²) in [6, 6.07) is 6.71. The van der Waals surface area contributed by atoms with Gasteiger partial charge in [0.2, 0.25) is 0 Å². The smallest absolute Gasteiger partial charge is 0.0651 e. The van der Waals surface area contributed by atoms with E-state index in [0.29, 0.717) is 5.54 Å². The molecule has 1 saturated heterocycles. The fourth-order valence-electron chi connectivity index (χ4n) is 4.00. The van der Waals surface area contributed by atoms with Gasteiger partial charge < -0.3 is 10.2 Å². The summed E-state index contributed by atoms with van der Waals surface area (Å²) in [6.45, 7) is 3.34. The van der Waals surface area contributed by atoms with Gasteiger partial charge in [0, 0.05) is 30.7 Å². The standard InChI is InChI=1S/C16H22N4/c1-2-6-16(7-3-1)12-17-8-9-20(16)14-4-5-15-13(10-14)11-18-19-15/h4-5,10-11,17H,1-3,6-9,12H2,(H,18,19). The van der Waals surface area contributed by atoms with Crippen LogP contribution in [-0.2, 0) is 0 Å². The molecule has 1 aromatic heterocycles. The average Bonchev–Trinajstić information content (AvgIpc) is 2.96. The molecule has 0 bridgehead atoms. The molecule has 2 heterocycles. The topological polar surface area (TPSA) is 44.0 Å². The maximum atomic E-state index is 4.14. The van der Waals surface area contributed by atoms with Crippen LogP contribution in [0.3, 0.4) is 0 Å². The maximum absolute atomic E-state index is 4.14. The van der Waals surface area contributed by atoms with E-state index < -0.39 is 0 Å². The molecule has 1 saturated carbocycles. The first kappa shape index (κ1) is 12.2. The molecule has 1 spiro atoms. The lowest BCUT2D eigenvalue weighted by Gasteiger charge is -2.51. The number of rotatable bonds is 1. The van der Waals surface area contributed by atoms with E-state index in [4.69, 9.17) is 0 Å². The largest absolute Gasteiger partial charge is 0.363 e. The SMILES string of the molecule is c1cc2[nH]ncc2cc1N1CCNCC12CCCCC2. The summed E-state index contributed by atoms with van der Waals surface area (Å²) in [5.41, 5.74) is 2.83. The Labute approximate surface area is 119 Å². The van der Waals surface area contributed by atoms with E-state index in [0.717, 1.165) is 25.2 Å². The van der Waals surface area contributed by atoms with E-state index in [9.17, 15) is 0 Å². The lowest BCUT2D eigenvalue weighted by molar-refractivity contribution is 0.241. The summed E-state index contributed by atoms with van der Waals surface area (Å²) in [7, 11) is 0. The molecule has 0 radical (unpaired) electrons. The molecule has 2 aromatic rings. The quantitative estimate of drug-likeness (QED) is 0.837. The van der Waals surface area contributed by atoms with Gasteiger partial charge >= 0.3 is 0 Å². The van der Waals surface area contributed by atoms with Crippen molar-refractivity contribution in [1.29, 1.82) is 0 Å². The maximum Gasteiger partial charge on any atom is 0.0651 e. The van der Waals surface area contributed by atoms with E-state index in [1.165, 1.54) is 43.2 Å². The molecule has 0 atom stereocenters. The van der Waals surface area contributed by atoms with Gasteiger partial charge in [-0.1, -0.05) is 19.3 Å². The van der Waals surface area contributed by atoms with E-state index in [2.05, 4.69) is 38.6 Å². The molecule has 0 amide bonds. The van der Waals surface area contributed by atoms with Crippen LogP contribution in [0.15, 0.2) is 24.4 Å². The Balaban J connectivity index is 1.73. The second kappa shape index (κ2) is 4.77. The van der Waals surface area contributed by atoms with Gasteiger partial charge in [0.05, 0.1) is 17.3 Å². The number of nitrogens with zero attached hydrogens (tertiary/aromatic N) is 2. The predicted octanol–water partition coefficient (Wildman–Crippen LogP) is 2.68. The number of benzene rings is 1. The number of hydrogen-bond donors (Lipinski definition) is 2. The minimum atomic E-state index is 0.341. The third-order valence-corrected chi connectivity index (χ3v) is 5.06. The van der Waals surface area contributed by atoms with Gasteiger partial charge in [-0.05, 0) is 31.0 Å². The molecule has 20 heavy (non-hydrogen) atoms. The first-order chi connectivity index (χ1) is 9.87. The van der Waals surface area contributed by atoms with Gasteiger partial charge in [-0.3, -0.25) is 5.10 Å². The van der Waals surface area contributed by atoms with Gasteiger partial charge in [0.1, 0.15) is 0 Å². The Kier molecular flexibility index (Phi) is 2.91. The van der Waals surface area contributed by atoms with Crippen LogP contribution in [0.1, 0.15) is 32.1 Å². The molecule has 2 fully saturated rings. The highest BCUT2D eigenvalue weighted by molar-refractivity contribution is 5.82. The van der Waals surface area contributed by atoms with Crippen LogP contribution >= 0.6 is 0 Å². The zero-order valence-corrected chi connectivity index (χ0v) is 11.9. The fraction of sp³-hybridized carbons (Fsp3) is 0.562. The third-order valence-electron chi connectivity index (χ3n) is 5.06. The van der Waals surface area contributed by atoms with Crippen LogP contribution in [0.2, 0.25) is 0 Å². The summed E-state index contributed by atoms with van der Waals surface area (Å²) in [6.07, 6.45) is 8.70. The van der Waals surface area contributed by atoms with Crippen LogP contribution in [0.25, 0.3) is 10.9 Å². The van der Waals surface area contributed by atoms with E-state index in [1.54, 1.807) is 0 Å². The van der Waals surface area contributed by atoms with Crippen LogP contribution in [-0.4, -0.2) is 35.4 Å². The van der Waals surface area contributed by atoms with E-state index in [-0.39, 0.29) is 0 Å². The monoisotopic (exact) mass is 270 g/mol. The van der Waals surface area contributed by atoms with Crippen molar-refractivity contribution in [2.24, 2.45) is 0 Å². The normalized spacial score (nSPS) is 22.5. The van der Waals surface area contributed by atoms with Crippen molar-refractivity contribution in [3.8, 4) is 0 Å². The van der Waals surface area contributed by atoms with E-state index in [1.807, 2.05) is 6.20 Å². The van der Waals surface area contributed by atoms with Crippen molar-refractivity contribution in [3.05, 3.63) is 24.4 Å². The Morgan fingerprint density at radius 2 is 2.05 bits per heavy atom. The lowest BCUT2D eigenvalue weighted by atomic mass is 9.78. The molecule has 1 aromatic carbocycles. The third kappa shape index (κ3) is 1.90. The van der Waals surface area contributed by atoms with Crippen molar-refractivity contribution in [1.82, 2.24) is 15.5 Å². The number of piperazine rings is 1. The Morgan fingerprint density at radius 3 is 2.95 bits per heavy atom. The Hall–Kier alpha value is -1.55. The summed E-state index contributed by atoms with van der Waals surface area (Å²) in [5.74, 6) is 0. The molecule has 1 aliphatic carbocycles. The van der Waals surface area contributed by atoms with Gasteiger partial charge in [-0.15, -0.1) is 0 Å². The molecule has 0 unspecified atom stereocenters. The number of aromatic nitrogens is 2. The summed E-state index contributed by atoms with van der Waals surface area (Å²) < 4.78 is 0. The zero-order chi connectivity index (χ0) is 13.4. The molecule has 2 aliphatic rings. The van der Waals surface area contributed by atoms with Crippen molar-refractivity contribution >= 4 is 16.6 Å². The lowest BCUT2D eigenvalue weighted by Crippen LogP contribution is -2.62. The summed E-state index contributed by atoms with van der Waals surface area (Å²) >= 11 is 0. The van der Waals surface area contributed by atoms with Crippen LogP contribution in [0.4, 0.5) is 5.69 Å². The van der Waals surface area contributed by atoms with Gasteiger partial charge in [-0.2, -0.15) is 5.10 Å². The number of hydrogen-bond acceptors (Lipinski definition) is 3. The highest BCUT2D eigenvalue weighted by Gasteiger charge is 2.39. The molecule has 2 N–H and O–H groups in total. The van der Waals surface area contributed by atoms with Crippen LogP contribution in [0.5, 0.6) is 0 Å². The second-order valence-corrected chi connectivity index (χ2v) is 6.25. The predicted molar refractivity (Wildman–Crippen MR) is 82.1 cm³/mol. The summed E-state index contributed by atoms with van der Waals surface area (Å²) in [5, 5.41) is 12.0. The van der Waals surface area contributed by atoms with Crippen molar-refractivity contribution in [2.75, 3.05) is 24.5 Å². The molecule has 106 valence electrons. The van der Waals surface area contributed by atoms with Crippen LogP contribution < -0.4 is 10.2 Å². The molecule has 4 rings (SSSR count). The van der Waals surface area contributed by atoms with Crippen molar-refractivity contribution < 1.29 is 0 Å². The molecule has 4 heteroatoms. The average molecular weight is 270 g/mol. The van der Waals surface area contributed by atoms with Crippen molar-refractivity contribution in [2.45, 2.75) is 37.6 Å². The summed E-state index contributed by atoms with van der Waals surface area (Å²) in [4.78, 5) is 2.66. The number of fused-ring (bicyclic) bond motifs is 1. The van der Waals surface area contributed by atoms with Crippen molar-refractivity contribution in [3.63, 3.8) is 0 Å².